The molecular formula is C38H58N2O20. The van der Waals surface area contributed by atoms with Crippen molar-refractivity contribution in [3.8, 4) is 0 Å². The lowest BCUT2D eigenvalue weighted by molar-refractivity contribution is -0.337. The third kappa shape index (κ3) is 11.2. The lowest BCUT2D eigenvalue weighted by Crippen LogP contribution is -2.69. The Morgan fingerprint density at radius 1 is 0.500 bits per heavy atom. The van der Waals surface area contributed by atoms with Crippen LogP contribution >= 0.6 is 0 Å². The Bertz CT molecular complexity index is 1540. The van der Waals surface area contributed by atoms with Gasteiger partial charge >= 0.3 is 0 Å². The molecule has 0 bridgehead atoms. The number of benzene rings is 2. The zero-order chi connectivity index (χ0) is 43.7. The quantitative estimate of drug-likeness (QED) is 0.0791. The molecule has 0 radical (unpaired) electrons. The fourth-order valence-corrected chi connectivity index (χ4v) is 7.28. The van der Waals surface area contributed by atoms with E-state index in [9.17, 15) is 61.3 Å². The number of hydrogen-bond acceptors (Lipinski definition) is 22. The minimum Gasteiger partial charge on any atom is -0.394 e. The monoisotopic (exact) mass is 862 g/mol. The lowest BCUT2D eigenvalue weighted by Gasteiger charge is -2.47. The molecule has 0 amide bonds. The van der Waals surface area contributed by atoms with Gasteiger partial charge in [-0.3, -0.25) is 5.32 Å². The molecule has 22 heteroatoms. The maximum absolute atomic E-state index is 11.4. The highest BCUT2D eigenvalue weighted by Gasteiger charge is 2.57. The van der Waals surface area contributed by atoms with Gasteiger partial charge in [0.2, 0.25) is 5.79 Å². The van der Waals surface area contributed by atoms with E-state index in [2.05, 4.69) is 10.6 Å². The number of aliphatic hydroxyl groups is 14. The maximum Gasteiger partial charge on any atom is 0.219 e. The molecule has 0 aromatic heterocycles. The van der Waals surface area contributed by atoms with Crippen molar-refractivity contribution < 1.29 is 99.9 Å². The first-order valence-electron chi connectivity index (χ1n) is 19.4. The van der Waals surface area contributed by atoms with Crippen LogP contribution in [0.1, 0.15) is 11.1 Å². The smallest absolute Gasteiger partial charge is 0.219 e. The van der Waals surface area contributed by atoms with E-state index < -0.39 is 149 Å². The van der Waals surface area contributed by atoms with Crippen LogP contribution in [0.3, 0.4) is 0 Å². The van der Waals surface area contributed by atoms with Gasteiger partial charge in [-0.05, 0) is 11.1 Å². The topological polar surface area (TPSA) is 363 Å². The van der Waals surface area contributed by atoms with Crippen LogP contribution in [0.4, 0.5) is 0 Å². The first kappa shape index (κ1) is 48.6. The highest BCUT2D eigenvalue weighted by molar-refractivity contribution is 5.16. The van der Waals surface area contributed by atoms with Crippen molar-refractivity contribution in [3.63, 3.8) is 0 Å². The molecule has 6 rings (SSSR count). The molecule has 4 aliphatic rings. The Balaban J connectivity index is 0.000000255. The molecule has 340 valence electrons. The fraction of sp³-hybridized carbons (Fsp3) is 0.684. The van der Waals surface area contributed by atoms with Gasteiger partial charge in [0, 0.05) is 13.1 Å². The summed E-state index contributed by atoms with van der Waals surface area (Å²) in [6, 6.07) is 18.5. The van der Waals surface area contributed by atoms with E-state index in [1.807, 2.05) is 60.7 Å². The van der Waals surface area contributed by atoms with E-state index in [4.69, 9.17) is 38.6 Å². The Morgan fingerprint density at radius 3 is 1.40 bits per heavy atom. The van der Waals surface area contributed by atoms with Crippen LogP contribution in [0.2, 0.25) is 0 Å². The van der Waals surface area contributed by atoms with Gasteiger partial charge in [0.25, 0.3) is 0 Å². The minimum atomic E-state index is -2.37. The highest BCUT2D eigenvalue weighted by atomic mass is 16.7. The molecule has 0 saturated carbocycles. The van der Waals surface area contributed by atoms with E-state index in [0.717, 1.165) is 11.1 Å². The lowest BCUT2D eigenvalue weighted by atomic mass is 9.94. The Labute approximate surface area is 344 Å². The van der Waals surface area contributed by atoms with Crippen molar-refractivity contribution in [2.24, 2.45) is 0 Å². The third-order valence-corrected chi connectivity index (χ3v) is 10.8. The van der Waals surface area contributed by atoms with E-state index in [0.29, 0.717) is 13.1 Å². The summed E-state index contributed by atoms with van der Waals surface area (Å²) in [6.07, 6.45) is -23.9. The van der Waals surface area contributed by atoms with E-state index >= 15 is 0 Å². The van der Waals surface area contributed by atoms with Crippen LogP contribution in [0.5, 0.6) is 0 Å². The molecule has 4 aliphatic heterocycles. The average Bonchev–Trinajstić information content (AvgIpc) is 3.52. The van der Waals surface area contributed by atoms with Crippen LogP contribution < -0.4 is 10.6 Å². The molecule has 0 aliphatic carbocycles. The van der Waals surface area contributed by atoms with Gasteiger partial charge < -0.3 is 105 Å². The standard InChI is InChI=1S/C26H36N2O9.C12H22O11/c29-13-17-20(31)22(33)23(34)26(36-17)37-24-18(14-30)35-25(28-12-16-9-5-2-6-10-16)19(21(24)32)27-11-15-7-3-1-4-8-15;13-1-4-6(16)7(17)8(18)11(21-4)22-9-5(2-14)23-12(20,3-15)10(9)19/h1-10,17-34H,11-14H2;4-11,13-20H,1-3H2/t17?,18?,19?,20-,21-,22+,23?,24-,25-,26-;4?,5-,6-,7+,8?,9+,10?,11+,12+/m11/s1. The first-order chi connectivity index (χ1) is 28.7. The summed E-state index contributed by atoms with van der Waals surface area (Å²) in [6.45, 7) is -2.60. The Kier molecular flexibility index (Phi) is 18.0. The largest absolute Gasteiger partial charge is 0.394 e. The van der Waals surface area contributed by atoms with E-state index in [-0.39, 0.29) is 0 Å². The summed E-state index contributed by atoms with van der Waals surface area (Å²) in [7, 11) is 0. The van der Waals surface area contributed by atoms with Crippen LogP contribution in [-0.2, 0) is 41.5 Å². The molecule has 60 heavy (non-hydrogen) atoms. The summed E-state index contributed by atoms with van der Waals surface area (Å²) in [5.74, 6) is -2.37. The van der Waals surface area contributed by atoms with Gasteiger partial charge in [-0.1, -0.05) is 60.7 Å². The normalized spacial score (nSPS) is 42.0. The molecule has 7 unspecified atom stereocenters. The van der Waals surface area contributed by atoms with Gasteiger partial charge in [-0.25, -0.2) is 0 Å². The first-order valence-corrected chi connectivity index (χ1v) is 19.4. The summed E-state index contributed by atoms with van der Waals surface area (Å²) >= 11 is 0. The van der Waals surface area contributed by atoms with Crippen molar-refractivity contribution in [3.05, 3.63) is 71.8 Å². The number of aliphatic hydroxyl groups excluding tert-OH is 13. The van der Waals surface area contributed by atoms with Crippen LogP contribution in [-0.4, -0.2) is 221 Å². The van der Waals surface area contributed by atoms with Crippen molar-refractivity contribution in [2.45, 2.75) is 129 Å². The van der Waals surface area contributed by atoms with Crippen molar-refractivity contribution in [2.75, 3.05) is 33.0 Å². The summed E-state index contributed by atoms with van der Waals surface area (Å²) in [5.41, 5.74) is 1.98. The molecule has 0 spiro atoms. The molecule has 4 heterocycles. The number of hydrogen-bond donors (Lipinski definition) is 16. The summed E-state index contributed by atoms with van der Waals surface area (Å²) < 4.78 is 32.7. The van der Waals surface area contributed by atoms with E-state index in [1.165, 1.54) is 0 Å². The van der Waals surface area contributed by atoms with Gasteiger partial charge in [-0.2, -0.15) is 0 Å². The van der Waals surface area contributed by atoms with Gasteiger partial charge in [0.1, 0.15) is 91.7 Å². The van der Waals surface area contributed by atoms with Crippen LogP contribution in [0.15, 0.2) is 60.7 Å². The molecule has 22 nitrogen and oxygen atoms in total. The highest BCUT2D eigenvalue weighted by Crippen LogP contribution is 2.34. The van der Waals surface area contributed by atoms with Gasteiger partial charge in [-0.15, -0.1) is 0 Å². The zero-order valence-corrected chi connectivity index (χ0v) is 32.3. The Morgan fingerprint density at radius 2 is 0.950 bits per heavy atom. The second-order valence-corrected chi connectivity index (χ2v) is 14.9. The maximum atomic E-state index is 11.4. The average molecular weight is 863 g/mol. The SMILES string of the molecule is OCC1O[C@@H](O[C@@H]2C(O)[C@](O)(CO)O[C@@H]2CO)C(O)[C@@H](O)[C@@H]1O.OCC1O[C@H](O[C@@H]2C(CO)O[C@@H](NCc3ccccc3)C(NCc3ccccc3)[C@H]2O)C(O)[C@@H](O)[C@@H]1O. The second-order valence-electron chi connectivity index (χ2n) is 14.9. The number of ether oxygens (including phenoxy) is 6. The minimum absolute atomic E-state index is 0.409. The Hall–Kier alpha value is -2.44. The molecule has 2 aromatic carbocycles. The predicted molar refractivity (Wildman–Crippen MR) is 199 cm³/mol. The molecule has 16 N–H and O–H groups in total. The summed E-state index contributed by atoms with van der Waals surface area (Å²) in [4.78, 5) is 0. The second kappa shape index (κ2) is 22.3. The fourth-order valence-electron chi connectivity index (χ4n) is 7.28. The zero-order valence-electron chi connectivity index (χ0n) is 32.3. The van der Waals surface area contributed by atoms with Gasteiger partial charge in [0.05, 0.1) is 39.1 Å². The van der Waals surface area contributed by atoms with Crippen LogP contribution in [0.25, 0.3) is 0 Å². The van der Waals surface area contributed by atoms with Crippen molar-refractivity contribution in [1.29, 1.82) is 0 Å². The molecule has 4 fully saturated rings. The number of nitrogens with one attached hydrogen (secondary N) is 2. The molecule has 19 atom stereocenters. The third-order valence-electron chi connectivity index (χ3n) is 10.8. The molecule has 4 saturated heterocycles. The predicted octanol–water partition coefficient (Wildman–Crippen LogP) is -7.20. The molecular weight excluding hydrogens is 804 g/mol. The van der Waals surface area contributed by atoms with E-state index in [1.54, 1.807) is 0 Å². The number of rotatable bonds is 15. The van der Waals surface area contributed by atoms with Crippen LogP contribution in [0, 0.1) is 0 Å². The van der Waals surface area contributed by atoms with Crippen molar-refractivity contribution >= 4 is 0 Å². The molecule has 2 aromatic rings. The van der Waals surface area contributed by atoms with Crippen molar-refractivity contribution in [1.82, 2.24) is 10.6 Å². The van der Waals surface area contributed by atoms with Gasteiger partial charge in [0.15, 0.2) is 12.6 Å². The summed E-state index contributed by atoms with van der Waals surface area (Å²) in [5, 5.41) is 145.